The highest BCUT2D eigenvalue weighted by Gasteiger charge is 2.08. The van der Waals surface area contributed by atoms with E-state index in [2.05, 4.69) is 45.0 Å². The molecule has 0 spiro atoms. The Bertz CT molecular complexity index is 491. The standard InChI is InChI=1S/C13H18N4S2/c1-9(7-10-5-4-6-19-10)15-12-8-11(14-2)16-13(17-12)18-3/h4-6,8-9H,7H2,1-3H3,(H2,14,15,16,17). The zero-order valence-corrected chi connectivity index (χ0v) is 12.9. The summed E-state index contributed by atoms with van der Waals surface area (Å²) < 4.78 is 0. The number of thioether (sulfide) groups is 1. The monoisotopic (exact) mass is 294 g/mol. The first kappa shape index (κ1) is 14.1. The van der Waals surface area contributed by atoms with Crippen molar-refractivity contribution in [2.45, 2.75) is 24.5 Å². The minimum Gasteiger partial charge on any atom is -0.373 e. The fourth-order valence-corrected chi connectivity index (χ4v) is 2.97. The van der Waals surface area contributed by atoms with Crippen LogP contribution in [-0.2, 0) is 6.42 Å². The summed E-state index contributed by atoms with van der Waals surface area (Å²) in [5, 5.41) is 9.37. The topological polar surface area (TPSA) is 49.8 Å². The molecule has 0 radical (unpaired) electrons. The van der Waals surface area contributed by atoms with Gasteiger partial charge in [-0.25, -0.2) is 9.97 Å². The molecular formula is C13H18N4S2. The van der Waals surface area contributed by atoms with Gasteiger partial charge < -0.3 is 10.6 Å². The summed E-state index contributed by atoms with van der Waals surface area (Å²) >= 11 is 3.33. The van der Waals surface area contributed by atoms with Crippen LogP contribution in [0.25, 0.3) is 0 Å². The summed E-state index contributed by atoms with van der Waals surface area (Å²) in [6.45, 7) is 2.17. The van der Waals surface area contributed by atoms with E-state index >= 15 is 0 Å². The van der Waals surface area contributed by atoms with E-state index in [1.165, 1.54) is 4.88 Å². The minimum absolute atomic E-state index is 0.341. The molecule has 0 saturated heterocycles. The first-order valence-corrected chi connectivity index (χ1v) is 8.21. The van der Waals surface area contributed by atoms with Crippen molar-refractivity contribution < 1.29 is 0 Å². The van der Waals surface area contributed by atoms with E-state index in [4.69, 9.17) is 0 Å². The van der Waals surface area contributed by atoms with Crippen molar-refractivity contribution in [1.82, 2.24) is 9.97 Å². The van der Waals surface area contributed by atoms with Gasteiger partial charge in [-0.15, -0.1) is 11.3 Å². The molecule has 2 heterocycles. The number of nitrogens with zero attached hydrogens (tertiary/aromatic N) is 2. The van der Waals surface area contributed by atoms with Crippen LogP contribution >= 0.6 is 23.1 Å². The van der Waals surface area contributed by atoms with Crippen LogP contribution in [0.1, 0.15) is 11.8 Å². The Morgan fingerprint density at radius 1 is 1.37 bits per heavy atom. The Morgan fingerprint density at radius 2 is 2.16 bits per heavy atom. The maximum atomic E-state index is 4.47. The molecule has 19 heavy (non-hydrogen) atoms. The van der Waals surface area contributed by atoms with Crippen molar-refractivity contribution in [3.05, 3.63) is 28.5 Å². The Labute approximate surface area is 122 Å². The van der Waals surface area contributed by atoms with Gasteiger partial charge in [0, 0.05) is 30.5 Å². The molecule has 6 heteroatoms. The first-order chi connectivity index (χ1) is 9.21. The molecule has 0 aliphatic carbocycles. The van der Waals surface area contributed by atoms with Crippen LogP contribution in [0.3, 0.4) is 0 Å². The lowest BCUT2D eigenvalue weighted by Crippen LogP contribution is -2.18. The van der Waals surface area contributed by atoms with Crippen molar-refractivity contribution in [2.24, 2.45) is 0 Å². The fourth-order valence-electron chi connectivity index (χ4n) is 1.75. The first-order valence-electron chi connectivity index (χ1n) is 6.11. The number of thiophene rings is 1. The minimum atomic E-state index is 0.341. The number of rotatable bonds is 6. The van der Waals surface area contributed by atoms with Gasteiger partial charge in [-0.1, -0.05) is 17.8 Å². The molecule has 2 aromatic rings. The molecule has 2 aromatic heterocycles. The van der Waals surface area contributed by atoms with E-state index in [1.807, 2.05) is 19.4 Å². The smallest absolute Gasteiger partial charge is 0.191 e. The molecular weight excluding hydrogens is 276 g/mol. The van der Waals surface area contributed by atoms with Crippen molar-refractivity contribution in [3.63, 3.8) is 0 Å². The maximum Gasteiger partial charge on any atom is 0.191 e. The lowest BCUT2D eigenvalue weighted by Gasteiger charge is -2.14. The van der Waals surface area contributed by atoms with Crippen LogP contribution in [0.2, 0.25) is 0 Å². The molecule has 0 amide bonds. The number of nitrogens with one attached hydrogen (secondary N) is 2. The number of hydrogen-bond donors (Lipinski definition) is 2. The highest BCUT2D eigenvalue weighted by Crippen LogP contribution is 2.19. The number of aromatic nitrogens is 2. The highest BCUT2D eigenvalue weighted by molar-refractivity contribution is 7.98. The lowest BCUT2D eigenvalue weighted by atomic mass is 10.2. The molecule has 0 aliphatic rings. The number of hydrogen-bond acceptors (Lipinski definition) is 6. The summed E-state index contributed by atoms with van der Waals surface area (Å²) in [5.41, 5.74) is 0. The van der Waals surface area contributed by atoms with Gasteiger partial charge in [0.1, 0.15) is 11.6 Å². The summed E-state index contributed by atoms with van der Waals surface area (Å²) in [5.74, 6) is 1.71. The van der Waals surface area contributed by atoms with Gasteiger partial charge in [-0.05, 0) is 24.6 Å². The molecule has 1 atom stereocenters. The third-order valence-corrected chi connectivity index (χ3v) is 4.07. The van der Waals surface area contributed by atoms with Crippen molar-refractivity contribution in [3.8, 4) is 0 Å². The lowest BCUT2D eigenvalue weighted by molar-refractivity contribution is 0.787. The highest BCUT2D eigenvalue weighted by atomic mass is 32.2. The second kappa shape index (κ2) is 6.77. The molecule has 102 valence electrons. The predicted molar refractivity (Wildman–Crippen MR) is 84.5 cm³/mol. The van der Waals surface area contributed by atoms with Gasteiger partial charge >= 0.3 is 0 Å². The molecule has 1 unspecified atom stereocenters. The zero-order chi connectivity index (χ0) is 13.7. The van der Waals surface area contributed by atoms with Crippen molar-refractivity contribution in [1.29, 1.82) is 0 Å². The quantitative estimate of drug-likeness (QED) is 0.632. The molecule has 0 aliphatic heterocycles. The predicted octanol–water partition coefficient (Wildman–Crippen LogP) is 3.34. The van der Waals surface area contributed by atoms with Gasteiger partial charge in [-0.3, -0.25) is 0 Å². The van der Waals surface area contributed by atoms with Gasteiger partial charge in [0.25, 0.3) is 0 Å². The van der Waals surface area contributed by atoms with Crippen LogP contribution < -0.4 is 10.6 Å². The van der Waals surface area contributed by atoms with Gasteiger partial charge in [0.05, 0.1) is 0 Å². The third-order valence-electron chi connectivity index (χ3n) is 2.63. The van der Waals surface area contributed by atoms with Crippen molar-refractivity contribution in [2.75, 3.05) is 23.9 Å². The number of anilines is 2. The van der Waals surface area contributed by atoms with E-state index in [9.17, 15) is 0 Å². The molecule has 2 rings (SSSR count). The van der Waals surface area contributed by atoms with Gasteiger partial charge in [0.15, 0.2) is 5.16 Å². The molecule has 0 bridgehead atoms. The Kier molecular flexibility index (Phi) is 5.04. The normalized spacial score (nSPS) is 12.2. The largest absolute Gasteiger partial charge is 0.373 e. The van der Waals surface area contributed by atoms with Crippen LogP contribution in [0, 0.1) is 0 Å². The van der Waals surface area contributed by atoms with E-state index in [-0.39, 0.29) is 0 Å². The average molecular weight is 294 g/mol. The van der Waals surface area contributed by atoms with E-state index in [0.29, 0.717) is 6.04 Å². The Balaban J connectivity index is 2.05. The van der Waals surface area contributed by atoms with Crippen LogP contribution in [0.5, 0.6) is 0 Å². The van der Waals surface area contributed by atoms with Crippen molar-refractivity contribution >= 4 is 34.7 Å². The van der Waals surface area contributed by atoms with Crippen LogP contribution in [0.4, 0.5) is 11.6 Å². The summed E-state index contributed by atoms with van der Waals surface area (Å²) in [4.78, 5) is 10.2. The fraction of sp³-hybridized carbons (Fsp3) is 0.385. The van der Waals surface area contributed by atoms with Gasteiger partial charge in [-0.2, -0.15) is 0 Å². The van der Waals surface area contributed by atoms with E-state index < -0.39 is 0 Å². The molecule has 0 saturated carbocycles. The molecule has 0 aromatic carbocycles. The zero-order valence-electron chi connectivity index (χ0n) is 11.3. The van der Waals surface area contributed by atoms with Gasteiger partial charge in [0.2, 0.25) is 0 Å². The second-order valence-electron chi connectivity index (χ2n) is 4.20. The van der Waals surface area contributed by atoms with E-state index in [1.54, 1.807) is 23.1 Å². The Morgan fingerprint density at radius 3 is 2.79 bits per heavy atom. The van der Waals surface area contributed by atoms with Crippen LogP contribution in [-0.4, -0.2) is 29.3 Å². The molecule has 4 nitrogen and oxygen atoms in total. The molecule has 2 N–H and O–H groups in total. The Hall–Kier alpha value is -1.27. The van der Waals surface area contributed by atoms with Crippen LogP contribution in [0.15, 0.2) is 28.7 Å². The third kappa shape index (κ3) is 4.11. The SMILES string of the molecule is CNc1cc(NC(C)Cc2cccs2)nc(SC)n1. The summed E-state index contributed by atoms with van der Waals surface area (Å²) in [7, 11) is 1.87. The summed E-state index contributed by atoms with van der Waals surface area (Å²) in [6, 6.07) is 6.52. The molecule has 0 fully saturated rings. The summed E-state index contributed by atoms with van der Waals surface area (Å²) in [6.07, 6.45) is 2.98. The second-order valence-corrected chi connectivity index (χ2v) is 6.01. The van der Waals surface area contributed by atoms with E-state index in [0.717, 1.165) is 23.2 Å². The maximum absolute atomic E-state index is 4.47. The average Bonchev–Trinajstić information content (AvgIpc) is 2.90.